The molecule has 4 rings (SSSR count). The quantitative estimate of drug-likeness (QED) is 0.448. The number of hydrogen-bond donors (Lipinski definition) is 0. The largest absolute Gasteiger partial charge is 0.489 e. The van der Waals surface area contributed by atoms with Crippen molar-refractivity contribution < 1.29 is 4.74 Å². The first kappa shape index (κ1) is 15.9. The van der Waals surface area contributed by atoms with Gasteiger partial charge in [0.05, 0.1) is 5.69 Å². The van der Waals surface area contributed by atoms with Gasteiger partial charge in [-0.2, -0.15) is 0 Å². The van der Waals surface area contributed by atoms with Crippen LogP contribution >= 0.6 is 15.9 Å². The molecule has 4 aromatic rings. The number of hydrogen-bond acceptors (Lipinski definition) is 2. The van der Waals surface area contributed by atoms with Gasteiger partial charge in [-0.25, -0.2) is 4.98 Å². The van der Waals surface area contributed by atoms with E-state index in [-0.39, 0.29) is 0 Å². The number of pyridine rings is 1. The van der Waals surface area contributed by atoms with E-state index in [1.165, 1.54) is 0 Å². The molecule has 0 fully saturated rings. The molecule has 2 heterocycles. The molecule has 0 aliphatic heterocycles. The first-order chi connectivity index (χ1) is 12.2. The molecule has 2 aromatic heterocycles. The van der Waals surface area contributed by atoms with Crippen molar-refractivity contribution in [2.75, 3.05) is 0 Å². The fourth-order valence-corrected chi connectivity index (χ4v) is 3.05. The highest BCUT2D eigenvalue weighted by Gasteiger charge is 2.07. The molecule has 3 nitrogen and oxygen atoms in total. The number of ether oxygens (including phenoxy) is 1. The molecule has 0 amide bonds. The van der Waals surface area contributed by atoms with Crippen LogP contribution in [0.2, 0.25) is 0 Å². The van der Waals surface area contributed by atoms with Gasteiger partial charge in [0, 0.05) is 22.4 Å². The Morgan fingerprint density at radius 3 is 2.64 bits per heavy atom. The Hall–Kier alpha value is -2.59. The minimum Gasteiger partial charge on any atom is -0.489 e. The summed E-state index contributed by atoms with van der Waals surface area (Å²) in [6, 6.07) is 20.4. The van der Waals surface area contributed by atoms with Gasteiger partial charge in [0.1, 0.15) is 18.0 Å². The average molecular weight is 393 g/mol. The third-order valence-corrected chi connectivity index (χ3v) is 4.67. The first-order valence-electron chi connectivity index (χ1n) is 8.11. The van der Waals surface area contributed by atoms with Crippen LogP contribution in [0.1, 0.15) is 11.1 Å². The van der Waals surface area contributed by atoms with Crippen LogP contribution in [-0.2, 0) is 6.61 Å². The van der Waals surface area contributed by atoms with E-state index < -0.39 is 0 Å². The zero-order chi connectivity index (χ0) is 17.2. The van der Waals surface area contributed by atoms with Crippen molar-refractivity contribution in [2.24, 2.45) is 0 Å². The van der Waals surface area contributed by atoms with E-state index in [0.29, 0.717) is 6.61 Å². The standard InChI is InChI=1S/C21H17BrN2O/c1-15-12-17(19-13-24-11-3-2-4-21(24)23-19)7-10-20(15)25-14-16-5-8-18(22)9-6-16/h2-13H,14H2,1H3. The number of aromatic nitrogens is 2. The Labute approximate surface area is 155 Å². The maximum atomic E-state index is 5.97. The van der Waals surface area contributed by atoms with Crippen LogP contribution in [0.25, 0.3) is 16.9 Å². The van der Waals surface area contributed by atoms with Gasteiger partial charge in [-0.1, -0.05) is 34.1 Å². The van der Waals surface area contributed by atoms with Crippen LogP contribution in [-0.4, -0.2) is 9.38 Å². The lowest BCUT2D eigenvalue weighted by Gasteiger charge is -2.10. The number of fused-ring (bicyclic) bond motifs is 1. The second-order valence-corrected chi connectivity index (χ2v) is 6.90. The normalized spacial score (nSPS) is 11.0. The summed E-state index contributed by atoms with van der Waals surface area (Å²) < 4.78 is 9.08. The number of aryl methyl sites for hydroxylation is 1. The predicted molar refractivity (Wildman–Crippen MR) is 104 cm³/mol. The molecule has 0 bridgehead atoms. The summed E-state index contributed by atoms with van der Waals surface area (Å²) in [6.07, 6.45) is 4.06. The van der Waals surface area contributed by atoms with E-state index in [0.717, 1.165) is 38.3 Å². The Balaban J connectivity index is 1.54. The summed E-state index contributed by atoms with van der Waals surface area (Å²) in [5.74, 6) is 0.899. The first-order valence-corrected chi connectivity index (χ1v) is 8.90. The predicted octanol–water partition coefficient (Wildman–Crippen LogP) is 5.65. The Kier molecular flexibility index (Phi) is 4.28. The summed E-state index contributed by atoms with van der Waals surface area (Å²) in [5, 5.41) is 0. The monoisotopic (exact) mass is 392 g/mol. The van der Waals surface area contributed by atoms with Crippen molar-refractivity contribution >= 4 is 21.6 Å². The highest BCUT2D eigenvalue weighted by atomic mass is 79.9. The lowest BCUT2D eigenvalue weighted by atomic mass is 10.1. The number of imidazole rings is 1. The lowest BCUT2D eigenvalue weighted by molar-refractivity contribution is 0.304. The fourth-order valence-electron chi connectivity index (χ4n) is 2.79. The molecule has 0 radical (unpaired) electrons. The van der Waals surface area contributed by atoms with Crippen LogP contribution in [0.4, 0.5) is 0 Å². The van der Waals surface area contributed by atoms with E-state index in [4.69, 9.17) is 4.74 Å². The SMILES string of the molecule is Cc1cc(-c2cn3ccccc3n2)ccc1OCc1ccc(Br)cc1. The zero-order valence-corrected chi connectivity index (χ0v) is 15.4. The highest BCUT2D eigenvalue weighted by Crippen LogP contribution is 2.26. The minimum atomic E-state index is 0.557. The van der Waals surface area contributed by atoms with Crippen LogP contribution in [0.15, 0.2) is 77.5 Å². The molecule has 4 heteroatoms. The van der Waals surface area contributed by atoms with E-state index in [9.17, 15) is 0 Å². The van der Waals surface area contributed by atoms with Gasteiger partial charge in [-0.15, -0.1) is 0 Å². The van der Waals surface area contributed by atoms with Crippen molar-refractivity contribution in [3.8, 4) is 17.0 Å². The van der Waals surface area contributed by atoms with Gasteiger partial charge in [0.2, 0.25) is 0 Å². The van der Waals surface area contributed by atoms with E-state index in [2.05, 4.69) is 52.1 Å². The molecule has 0 N–H and O–H groups in total. The van der Waals surface area contributed by atoms with Gasteiger partial charge >= 0.3 is 0 Å². The Bertz CT molecular complexity index is 989. The molecule has 124 valence electrons. The van der Waals surface area contributed by atoms with Crippen LogP contribution < -0.4 is 4.74 Å². The molecule has 0 saturated heterocycles. The van der Waals surface area contributed by atoms with Crippen molar-refractivity contribution in [1.82, 2.24) is 9.38 Å². The molecule has 0 unspecified atom stereocenters. The van der Waals surface area contributed by atoms with Gasteiger partial charge in [0.25, 0.3) is 0 Å². The fraction of sp³-hybridized carbons (Fsp3) is 0.0952. The van der Waals surface area contributed by atoms with Gasteiger partial charge in [-0.05, 0) is 60.5 Å². The third kappa shape index (κ3) is 3.44. The van der Waals surface area contributed by atoms with E-state index in [1.807, 2.05) is 53.2 Å². The number of nitrogens with zero attached hydrogens (tertiary/aromatic N) is 2. The molecule has 2 aromatic carbocycles. The molecule has 0 aliphatic rings. The molecular weight excluding hydrogens is 376 g/mol. The Morgan fingerprint density at radius 2 is 1.88 bits per heavy atom. The van der Waals surface area contributed by atoms with Gasteiger partial charge in [0.15, 0.2) is 0 Å². The zero-order valence-electron chi connectivity index (χ0n) is 13.8. The average Bonchev–Trinajstić information content (AvgIpc) is 3.06. The summed E-state index contributed by atoms with van der Waals surface area (Å²) in [4.78, 5) is 4.67. The Morgan fingerprint density at radius 1 is 1.04 bits per heavy atom. The molecule has 0 saturated carbocycles. The lowest BCUT2D eigenvalue weighted by Crippen LogP contribution is -1.97. The number of benzene rings is 2. The number of halogens is 1. The second-order valence-electron chi connectivity index (χ2n) is 5.99. The van der Waals surface area contributed by atoms with E-state index in [1.54, 1.807) is 0 Å². The third-order valence-electron chi connectivity index (χ3n) is 4.14. The van der Waals surface area contributed by atoms with Crippen molar-refractivity contribution in [3.05, 3.63) is 88.7 Å². The van der Waals surface area contributed by atoms with Gasteiger partial charge in [-0.3, -0.25) is 0 Å². The molecule has 25 heavy (non-hydrogen) atoms. The minimum absolute atomic E-state index is 0.557. The van der Waals surface area contributed by atoms with Gasteiger partial charge < -0.3 is 9.14 Å². The van der Waals surface area contributed by atoms with Crippen LogP contribution in [0.3, 0.4) is 0 Å². The molecular formula is C21H17BrN2O. The van der Waals surface area contributed by atoms with Crippen molar-refractivity contribution in [1.29, 1.82) is 0 Å². The summed E-state index contributed by atoms with van der Waals surface area (Å²) >= 11 is 3.45. The van der Waals surface area contributed by atoms with Crippen LogP contribution in [0.5, 0.6) is 5.75 Å². The molecule has 0 atom stereocenters. The number of rotatable bonds is 4. The maximum Gasteiger partial charge on any atom is 0.137 e. The summed E-state index contributed by atoms with van der Waals surface area (Å²) in [5.41, 5.74) is 5.26. The topological polar surface area (TPSA) is 26.5 Å². The summed E-state index contributed by atoms with van der Waals surface area (Å²) in [6.45, 7) is 2.62. The van der Waals surface area contributed by atoms with E-state index >= 15 is 0 Å². The highest BCUT2D eigenvalue weighted by molar-refractivity contribution is 9.10. The van der Waals surface area contributed by atoms with Crippen LogP contribution in [0, 0.1) is 6.92 Å². The molecule has 0 aliphatic carbocycles. The molecule has 0 spiro atoms. The smallest absolute Gasteiger partial charge is 0.137 e. The van der Waals surface area contributed by atoms with Crippen molar-refractivity contribution in [3.63, 3.8) is 0 Å². The van der Waals surface area contributed by atoms with Crippen molar-refractivity contribution in [2.45, 2.75) is 13.5 Å². The second kappa shape index (κ2) is 6.73. The maximum absolute atomic E-state index is 5.97. The summed E-state index contributed by atoms with van der Waals surface area (Å²) in [7, 11) is 0.